The number of rotatable bonds is 4. The SMILES string of the molecule is CN(C)/C=C/C1=C/CC(C)(C)c2cc(CNC(=O)OC(C)(C)C)ccc2N/C=C\1. The molecule has 0 saturated heterocycles. The van der Waals surface area contributed by atoms with E-state index in [0.717, 1.165) is 17.7 Å². The van der Waals surface area contributed by atoms with E-state index >= 15 is 0 Å². The Morgan fingerprint density at radius 2 is 2.03 bits per heavy atom. The third-order valence-corrected chi connectivity index (χ3v) is 4.58. The van der Waals surface area contributed by atoms with E-state index in [1.807, 2.05) is 52.0 Å². The van der Waals surface area contributed by atoms with Crippen LogP contribution in [-0.4, -0.2) is 30.7 Å². The van der Waals surface area contributed by atoms with Gasteiger partial charge in [0.15, 0.2) is 0 Å². The summed E-state index contributed by atoms with van der Waals surface area (Å²) in [7, 11) is 4.03. The number of ether oxygens (including phenoxy) is 1. The van der Waals surface area contributed by atoms with Crippen molar-refractivity contribution in [2.24, 2.45) is 0 Å². The Hall–Kier alpha value is -2.69. The number of hydrogen-bond donors (Lipinski definition) is 2. The molecule has 0 unspecified atom stereocenters. The topological polar surface area (TPSA) is 53.6 Å². The molecule has 0 bridgehead atoms. The van der Waals surface area contributed by atoms with E-state index < -0.39 is 11.7 Å². The fraction of sp³-hybridized carbons (Fsp3) is 0.458. The van der Waals surface area contributed by atoms with Crippen LogP contribution in [0.1, 0.15) is 52.2 Å². The van der Waals surface area contributed by atoms with Crippen molar-refractivity contribution in [2.75, 3.05) is 19.4 Å². The van der Waals surface area contributed by atoms with E-state index in [4.69, 9.17) is 4.74 Å². The summed E-state index contributed by atoms with van der Waals surface area (Å²) in [5.74, 6) is 0. The number of nitrogens with one attached hydrogen (secondary N) is 2. The van der Waals surface area contributed by atoms with Gasteiger partial charge in [-0.1, -0.05) is 32.1 Å². The van der Waals surface area contributed by atoms with Crippen molar-refractivity contribution in [1.82, 2.24) is 10.2 Å². The summed E-state index contributed by atoms with van der Waals surface area (Å²) in [4.78, 5) is 14.0. The molecule has 5 nitrogen and oxygen atoms in total. The molecule has 1 aromatic carbocycles. The Kier molecular flexibility index (Phi) is 7.17. The fourth-order valence-electron chi connectivity index (χ4n) is 3.01. The second-order valence-corrected chi connectivity index (χ2v) is 9.28. The van der Waals surface area contributed by atoms with E-state index in [1.54, 1.807) is 0 Å². The van der Waals surface area contributed by atoms with Crippen LogP contribution in [0.4, 0.5) is 10.5 Å². The number of anilines is 1. The zero-order chi connectivity index (χ0) is 21.7. The normalized spacial score (nSPS) is 18.9. The van der Waals surface area contributed by atoms with Crippen molar-refractivity contribution < 1.29 is 9.53 Å². The highest BCUT2D eigenvalue weighted by Gasteiger charge is 2.24. The van der Waals surface area contributed by atoms with Gasteiger partial charge >= 0.3 is 6.09 Å². The summed E-state index contributed by atoms with van der Waals surface area (Å²) in [5, 5.41) is 6.26. The van der Waals surface area contributed by atoms with Crippen LogP contribution in [0.15, 0.2) is 54.4 Å². The molecule has 29 heavy (non-hydrogen) atoms. The Balaban J connectivity index is 2.20. The highest BCUT2D eigenvalue weighted by molar-refractivity contribution is 5.68. The van der Waals surface area contributed by atoms with Gasteiger partial charge in [-0.2, -0.15) is 0 Å². The molecular formula is C24H35N3O2. The Bertz CT molecular complexity index is 812. The lowest BCUT2D eigenvalue weighted by Gasteiger charge is -2.27. The third kappa shape index (κ3) is 7.33. The first-order valence-electron chi connectivity index (χ1n) is 10.0. The number of fused-ring (bicyclic) bond motifs is 1. The van der Waals surface area contributed by atoms with Gasteiger partial charge in [0.25, 0.3) is 0 Å². The lowest BCUT2D eigenvalue weighted by Crippen LogP contribution is -2.32. The molecule has 5 heteroatoms. The summed E-state index contributed by atoms with van der Waals surface area (Å²) in [6.07, 6.45) is 11.0. The monoisotopic (exact) mass is 397 g/mol. The molecule has 1 aliphatic heterocycles. The van der Waals surface area contributed by atoms with Gasteiger partial charge in [-0.05, 0) is 73.7 Å². The summed E-state index contributed by atoms with van der Waals surface area (Å²) >= 11 is 0. The Labute approximate surface area is 175 Å². The second-order valence-electron chi connectivity index (χ2n) is 9.28. The maximum absolute atomic E-state index is 12.0. The summed E-state index contributed by atoms with van der Waals surface area (Å²) < 4.78 is 5.33. The van der Waals surface area contributed by atoms with E-state index in [-0.39, 0.29) is 5.41 Å². The van der Waals surface area contributed by atoms with Crippen LogP contribution in [0, 0.1) is 0 Å². The molecule has 158 valence electrons. The number of carbonyl (C=O) groups excluding carboxylic acids is 1. The average molecular weight is 398 g/mol. The number of allylic oxidation sites excluding steroid dienone is 4. The van der Waals surface area contributed by atoms with Crippen molar-refractivity contribution >= 4 is 11.8 Å². The van der Waals surface area contributed by atoms with Gasteiger partial charge in [-0.3, -0.25) is 0 Å². The largest absolute Gasteiger partial charge is 0.444 e. The predicted octanol–water partition coefficient (Wildman–Crippen LogP) is 5.32. The minimum Gasteiger partial charge on any atom is -0.444 e. The molecular weight excluding hydrogens is 362 g/mol. The first-order valence-corrected chi connectivity index (χ1v) is 10.0. The zero-order valence-corrected chi connectivity index (χ0v) is 18.8. The van der Waals surface area contributed by atoms with Gasteiger partial charge in [-0.15, -0.1) is 0 Å². The molecule has 0 fully saturated rings. The van der Waals surface area contributed by atoms with Crippen LogP contribution in [0.3, 0.4) is 0 Å². The minimum atomic E-state index is -0.502. The highest BCUT2D eigenvalue weighted by Crippen LogP contribution is 2.35. The maximum atomic E-state index is 12.0. The molecule has 0 spiro atoms. The smallest absolute Gasteiger partial charge is 0.407 e. The van der Waals surface area contributed by atoms with Crippen molar-refractivity contribution in [2.45, 2.75) is 58.6 Å². The number of nitrogens with zero attached hydrogens (tertiary/aromatic N) is 1. The Morgan fingerprint density at radius 1 is 1.31 bits per heavy atom. The van der Waals surface area contributed by atoms with Gasteiger partial charge in [0.2, 0.25) is 0 Å². The molecule has 1 aromatic rings. The van der Waals surface area contributed by atoms with Gasteiger partial charge in [0.1, 0.15) is 5.60 Å². The molecule has 0 aromatic heterocycles. The molecule has 2 rings (SSSR count). The van der Waals surface area contributed by atoms with Crippen molar-refractivity contribution in [3.8, 4) is 0 Å². The molecule has 0 aliphatic carbocycles. The fourth-order valence-corrected chi connectivity index (χ4v) is 3.01. The van der Waals surface area contributed by atoms with Gasteiger partial charge in [-0.25, -0.2) is 4.79 Å². The van der Waals surface area contributed by atoms with Gasteiger partial charge in [0.05, 0.1) is 0 Å². The number of amides is 1. The molecule has 1 aliphatic rings. The van der Waals surface area contributed by atoms with Crippen molar-refractivity contribution in [3.63, 3.8) is 0 Å². The second kappa shape index (κ2) is 9.21. The van der Waals surface area contributed by atoms with Gasteiger partial charge in [0, 0.05) is 32.5 Å². The van der Waals surface area contributed by atoms with Crippen LogP contribution < -0.4 is 10.6 Å². The predicted molar refractivity (Wildman–Crippen MR) is 121 cm³/mol. The van der Waals surface area contributed by atoms with Gasteiger partial charge < -0.3 is 20.3 Å². The summed E-state index contributed by atoms with van der Waals surface area (Å²) in [6, 6.07) is 6.28. The number of carbonyl (C=O) groups is 1. The summed E-state index contributed by atoms with van der Waals surface area (Å²) in [6.45, 7) is 10.5. The first kappa shape index (κ1) is 22.6. The molecule has 2 N–H and O–H groups in total. The molecule has 0 saturated carbocycles. The van der Waals surface area contributed by atoms with Crippen LogP contribution in [0.5, 0.6) is 0 Å². The van der Waals surface area contributed by atoms with Crippen molar-refractivity contribution in [1.29, 1.82) is 0 Å². The lowest BCUT2D eigenvalue weighted by molar-refractivity contribution is 0.0523. The van der Waals surface area contributed by atoms with Crippen LogP contribution in [0.25, 0.3) is 0 Å². The number of hydrogen-bond acceptors (Lipinski definition) is 4. The number of alkyl carbamates (subject to hydrolysis) is 1. The maximum Gasteiger partial charge on any atom is 0.407 e. The van der Waals surface area contributed by atoms with Crippen LogP contribution in [0.2, 0.25) is 0 Å². The quantitative estimate of drug-likeness (QED) is 0.722. The average Bonchev–Trinajstić information content (AvgIpc) is 2.65. The van der Waals surface area contributed by atoms with E-state index in [0.29, 0.717) is 6.54 Å². The number of benzene rings is 1. The van der Waals surface area contributed by atoms with E-state index in [9.17, 15) is 4.79 Å². The van der Waals surface area contributed by atoms with Crippen LogP contribution >= 0.6 is 0 Å². The van der Waals surface area contributed by atoms with E-state index in [1.165, 1.54) is 11.1 Å². The Morgan fingerprint density at radius 3 is 2.69 bits per heavy atom. The molecule has 0 radical (unpaired) electrons. The van der Waals surface area contributed by atoms with E-state index in [2.05, 4.69) is 61.0 Å². The highest BCUT2D eigenvalue weighted by atomic mass is 16.6. The van der Waals surface area contributed by atoms with Crippen molar-refractivity contribution in [3.05, 3.63) is 65.5 Å². The lowest BCUT2D eigenvalue weighted by atomic mass is 9.79. The third-order valence-electron chi connectivity index (χ3n) is 4.58. The zero-order valence-electron chi connectivity index (χ0n) is 18.8. The van der Waals surface area contributed by atoms with Crippen LogP contribution in [-0.2, 0) is 16.7 Å². The first-order chi connectivity index (χ1) is 13.5. The molecule has 1 amide bonds. The molecule has 1 heterocycles. The molecule has 0 atom stereocenters. The standard InChI is InChI=1S/C24H35N3O2/c1-23(2,3)29-22(28)26-17-19-8-9-21-20(16-19)24(4,5)13-10-18(11-14-25-21)12-15-27(6)7/h8-12,14-16,25H,13,17H2,1-7H3,(H,26,28)/b14-11-,15-12+,18-10+. The summed E-state index contributed by atoms with van der Waals surface area (Å²) in [5.41, 5.74) is 3.95. The minimum absolute atomic E-state index is 0.0620.